The molecule has 1 atom stereocenters. The summed E-state index contributed by atoms with van der Waals surface area (Å²) in [6, 6.07) is 27.8. The molecule has 6 heteroatoms. The van der Waals surface area contributed by atoms with Crippen molar-refractivity contribution in [1.29, 1.82) is 0 Å². The van der Waals surface area contributed by atoms with Crippen LogP contribution in [0.25, 0.3) is 11.3 Å². The smallest absolute Gasteiger partial charge is 0.237 e. The normalized spacial score (nSPS) is 15.9. The number of anilines is 2. The minimum atomic E-state index is -0.343. The number of hydrogen-bond acceptors (Lipinski definition) is 5. The van der Waals surface area contributed by atoms with Gasteiger partial charge in [-0.1, -0.05) is 60.7 Å². The van der Waals surface area contributed by atoms with E-state index in [9.17, 15) is 4.79 Å². The van der Waals surface area contributed by atoms with Crippen molar-refractivity contribution in [2.24, 2.45) is 0 Å². The summed E-state index contributed by atoms with van der Waals surface area (Å²) in [5.41, 5.74) is 5.94. The van der Waals surface area contributed by atoms with Gasteiger partial charge in [-0.2, -0.15) is 0 Å². The zero-order chi connectivity index (χ0) is 22.5. The van der Waals surface area contributed by atoms with E-state index < -0.39 is 0 Å². The molecule has 0 spiro atoms. The maximum absolute atomic E-state index is 13.2. The molecule has 164 valence electrons. The maximum Gasteiger partial charge on any atom is 0.237 e. The van der Waals surface area contributed by atoms with E-state index in [0.29, 0.717) is 25.5 Å². The second-order valence-corrected chi connectivity index (χ2v) is 8.13. The molecule has 6 nitrogen and oxygen atoms in total. The van der Waals surface area contributed by atoms with Crippen molar-refractivity contribution in [3.63, 3.8) is 0 Å². The van der Waals surface area contributed by atoms with Gasteiger partial charge >= 0.3 is 0 Å². The first-order valence-corrected chi connectivity index (χ1v) is 11.1. The molecule has 6 bridgehead atoms. The average molecular weight is 436 g/mol. The van der Waals surface area contributed by atoms with Gasteiger partial charge in [0.2, 0.25) is 11.9 Å². The van der Waals surface area contributed by atoms with Crippen molar-refractivity contribution in [3.8, 4) is 11.3 Å². The van der Waals surface area contributed by atoms with Crippen LogP contribution in [0.3, 0.4) is 0 Å². The van der Waals surface area contributed by atoms with Crippen LogP contribution < -0.4 is 16.0 Å². The Morgan fingerprint density at radius 3 is 2.55 bits per heavy atom. The van der Waals surface area contributed by atoms with Crippen molar-refractivity contribution < 1.29 is 4.79 Å². The summed E-state index contributed by atoms with van der Waals surface area (Å²) < 4.78 is 0. The molecule has 1 amide bonds. The second-order valence-electron chi connectivity index (χ2n) is 8.13. The quantitative estimate of drug-likeness (QED) is 0.439. The summed E-state index contributed by atoms with van der Waals surface area (Å²) in [4.78, 5) is 22.2. The topological polar surface area (TPSA) is 78.9 Å². The fourth-order valence-electron chi connectivity index (χ4n) is 3.92. The van der Waals surface area contributed by atoms with Crippen molar-refractivity contribution in [1.82, 2.24) is 20.6 Å². The molecule has 0 aliphatic carbocycles. The Bertz CT molecular complexity index is 1240. The summed E-state index contributed by atoms with van der Waals surface area (Å²) >= 11 is 0. The molecule has 3 N–H and O–H groups in total. The molecule has 0 radical (unpaired) electrons. The van der Waals surface area contributed by atoms with Gasteiger partial charge in [-0.3, -0.25) is 4.79 Å². The van der Waals surface area contributed by atoms with Gasteiger partial charge in [-0.05, 0) is 47.4 Å². The predicted molar refractivity (Wildman–Crippen MR) is 130 cm³/mol. The molecule has 4 aromatic rings. The Hall–Kier alpha value is -4.03. The number of carbonyl (C=O) groups is 1. The lowest BCUT2D eigenvalue weighted by molar-refractivity contribution is -0.123. The number of amides is 1. The van der Waals surface area contributed by atoms with Gasteiger partial charge in [-0.25, -0.2) is 9.97 Å². The molecular weight excluding hydrogens is 410 g/mol. The predicted octanol–water partition coefficient (Wildman–Crippen LogP) is 4.22. The van der Waals surface area contributed by atoms with Gasteiger partial charge in [-0.15, -0.1) is 0 Å². The van der Waals surface area contributed by atoms with E-state index in [0.717, 1.165) is 33.6 Å². The van der Waals surface area contributed by atoms with E-state index in [1.807, 2.05) is 66.7 Å². The van der Waals surface area contributed by atoms with Crippen LogP contribution in [0.5, 0.6) is 0 Å². The summed E-state index contributed by atoms with van der Waals surface area (Å²) in [6.07, 6.45) is 2.37. The highest BCUT2D eigenvalue weighted by atomic mass is 16.2. The molecule has 0 saturated heterocycles. The standard InChI is InChI=1S/C27H25N5O/c33-26-25(16-19-5-2-1-3-6-19)29-17-20-9-11-23(12-10-20)31-27-28-14-13-24(32-27)22-8-4-7-21(15-22)18-30-26/h1-15,25,29H,16-18H2,(H,30,33)(H,28,31,32)/t25-/m0/s1. The minimum absolute atomic E-state index is 0.0174. The summed E-state index contributed by atoms with van der Waals surface area (Å²) in [5.74, 6) is 0.528. The maximum atomic E-state index is 13.2. The van der Waals surface area contributed by atoms with Gasteiger partial charge in [0, 0.05) is 30.5 Å². The number of nitrogens with one attached hydrogen (secondary N) is 3. The molecule has 2 aliphatic heterocycles. The van der Waals surface area contributed by atoms with Crippen LogP contribution >= 0.6 is 0 Å². The average Bonchev–Trinajstić information content (AvgIpc) is 2.86. The first-order valence-electron chi connectivity index (χ1n) is 11.1. The summed E-state index contributed by atoms with van der Waals surface area (Å²) in [7, 11) is 0. The molecule has 0 unspecified atom stereocenters. The molecule has 6 rings (SSSR count). The summed E-state index contributed by atoms with van der Waals surface area (Å²) in [5, 5.41) is 9.83. The summed E-state index contributed by atoms with van der Waals surface area (Å²) in [6.45, 7) is 1.04. The zero-order valence-corrected chi connectivity index (χ0v) is 18.2. The third-order valence-electron chi connectivity index (χ3n) is 5.71. The number of rotatable bonds is 2. The van der Waals surface area contributed by atoms with E-state index in [4.69, 9.17) is 0 Å². The van der Waals surface area contributed by atoms with E-state index >= 15 is 0 Å². The molecule has 1 aromatic heterocycles. The largest absolute Gasteiger partial charge is 0.351 e. The Kier molecular flexibility index (Phi) is 6.08. The third-order valence-corrected chi connectivity index (χ3v) is 5.71. The number of aromatic nitrogens is 2. The monoisotopic (exact) mass is 435 g/mol. The van der Waals surface area contributed by atoms with Crippen molar-refractivity contribution in [2.75, 3.05) is 5.32 Å². The molecule has 0 fully saturated rings. The zero-order valence-electron chi connectivity index (χ0n) is 18.2. The van der Waals surface area contributed by atoms with E-state index in [2.05, 4.69) is 44.1 Å². The van der Waals surface area contributed by atoms with Crippen molar-refractivity contribution in [3.05, 3.63) is 108 Å². The Balaban J connectivity index is 1.47. The molecule has 0 saturated carbocycles. The van der Waals surface area contributed by atoms with Crippen LogP contribution in [-0.4, -0.2) is 21.9 Å². The number of nitrogens with zero attached hydrogens (tertiary/aromatic N) is 2. The highest BCUT2D eigenvalue weighted by molar-refractivity contribution is 5.82. The lowest BCUT2D eigenvalue weighted by Crippen LogP contribution is -2.45. The van der Waals surface area contributed by atoms with Crippen molar-refractivity contribution in [2.45, 2.75) is 25.6 Å². The number of carbonyl (C=O) groups excluding carboxylic acids is 1. The van der Waals surface area contributed by atoms with Gasteiger partial charge in [0.15, 0.2) is 0 Å². The third kappa shape index (κ3) is 5.25. The minimum Gasteiger partial charge on any atom is -0.351 e. The van der Waals surface area contributed by atoms with Gasteiger partial charge in [0.25, 0.3) is 0 Å². The SMILES string of the molecule is O=C1NCc2cccc(c2)-c2ccnc(n2)Nc2ccc(cc2)CN[C@H]1Cc1ccccc1. The Labute approximate surface area is 193 Å². The fraction of sp³-hybridized carbons (Fsp3) is 0.148. The van der Waals surface area contributed by atoms with Crippen LogP contribution in [0, 0.1) is 0 Å². The molecule has 3 aromatic carbocycles. The van der Waals surface area contributed by atoms with E-state index in [1.54, 1.807) is 6.20 Å². The fourth-order valence-corrected chi connectivity index (χ4v) is 3.92. The van der Waals surface area contributed by atoms with Crippen LogP contribution in [0.2, 0.25) is 0 Å². The van der Waals surface area contributed by atoms with Gasteiger partial charge in [0.05, 0.1) is 11.7 Å². The molecule has 33 heavy (non-hydrogen) atoms. The van der Waals surface area contributed by atoms with E-state index in [-0.39, 0.29) is 11.9 Å². The van der Waals surface area contributed by atoms with Crippen LogP contribution in [-0.2, 0) is 24.3 Å². The van der Waals surface area contributed by atoms with Crippen LogP contribution in [0.4, 0.5) is 11.6 Å². The number of benzene rings is 3. The van der Waals surface area contributed by atoms with Gasteiger partial charge < -0.3 is 16.0 Å². The van der Waals surface area contributed by atoms with Crippen LogP contribution in [0.15, 0.2) is 91.1 Å². The second kappa shape index (κ2) is 9.63. The molecule has 3 heterocycles. The molecular formula is C27H25N5O. The number of fused-ring (bicyclic) bond motifs is 7. The number of hydrogen-bond donors (Lipinski definition) is 3. The highest BCUT2D eigenvalue weighted by Crippen LogP contribution is 2.21. The van der Waals surface area contributed by atoms with Gasteiger partial charge in [0.1, 0.15) is 0 Å². The lowest BCUT2D eigenvalue weighted by atomic mass is 10.0. The first kappa shape index (κ1) is 20.8. The highest BCUT2D eigenvalue weighted by Gasteiger charge is 2.18. The molecule has 2 aliphatic rings. The lowest BCUT2D eigenvalue weighted by Gasteiger charge is -2.19. The van der Waals surface area contributed by atoms with Crippen LogP contribution in [0.1, 0.15) is 16.7 Å². The Morgan fingerprint density at radius 1 is 0.848 bits per heavy atom. The Morgan fingerprint density at radius 2 is 1.70 bits per heavy atom. The van der Waals surface area contributed by atoms with Crippen molar-refractivity contribution >= 4 is 17.5 Å². The van der Waals surface area contributed by atoms with E-state index in [1.165, 1.54) is 0 Å². The first-order chi connectivity index (χ1) is 16.2.